The van der Waals surface area contributed by atoms with Gasteiger partial charge in [-0.1, -0.05) is 36.8 Å². The summed E-state index contributed by atoms with van der Waals surface area (Å²) in [7, 11) is -2.08. The van der Waals surface area contributed by atoms with Crippen molar-refractivity contribution < 1.29 is 13.2 Å². The molecular formula is C25H29N3O3S2. The second kappa shape index (κ2) is 10.5. The van der Waals surface area contributed by atoms with E-state index in [1.54, 1.807) is 41.8 Å². The van der Waals surface area contributed by atoms with Crippen LogP contribution in [0.15, 0.2) is 70.3 Å². The molecule has 1 aliphatic rings. The first-order valence-corrected chi connectivity index (χ1v) is 13.5. The lowest BCUT2D eigenvalue weighted by molar-refractivity contribution is 0.0951. The van der Waals surface area contributed by atoms with Crippen LogP contribution in [0, 0.1) is 0 Å². The third-order valence-electron chi connectivity index (χ3n) is 5.93. The molecule has 1 amide bonds. The van der Waals surface area contributed by atoms with Gasteiger partial charge in [0.25, 0.3) is 15.9 Å². The van der Waals surface area contributed by atoms with Crippen LogP contribution in [0.25, 0.3) is 0 Å². The zero-order valence-corrected chi connectivity index (χ0v) is 20.4. The Hall–Kier alpha value is -2.68. The lowest BCUT2D eigenvalue weighted by atomic mass is 10.1. The Morgan fingerprint density at radius 3 is 2.27 bits per heavy atom. The molecule has 2 heterocycles. The number of hydrogen-bond donors (Lipinski definition) is 1. The van der Waals surface area contributed by atoms with Crippen LogP contribution < -0.4 is 9.62 Å². The highest BCUT2D eigenvalue weighted by atomic mass is 32.2. The number of sulfonamides is 1. The SMILES string of the molecule is CN(c1ccc(C(=O)NCc2ccc(CN3CCCCC3)cc2)cc1)S(=O)(=O)c1cccs1. The molecule has 1 aromatic heterocycles. The Balaban J connectivity index is 1.31. The van der Waals surface area contributed by atoms with E-state index in [1.807, 2.05) is 0 Å². The van der Waals surface area contributed by atoms with Crippen molar-refractivity contribution in [1.29, 1.82) is 0 Å². The van der Waals surface area contributed by atoms with Gasteiger partial charge in [-0.3, -0.25) is 14.0 Å². The minimum absolute atomic E-state index is 0.192. The summed E-state index contributed by atoms with van der Waals surface area (Å²) in [5, 5.41) is 4.67. The maximum atomic E-state index is 12.7. The van der Waals surface area contributed by atoms with Gasteiger partial charge in [0.15, 0.2) is 0 Å². The molecule has 8 heteroatoms. The molecule has 4 rings (SSSR count). The van der Waals surface area contributed by atoms with Gasteiger partial charge in [0.05, 0.1) is 5.69 Å². The molecular weight excluding hydrogens is 454 g/mol. The largest absolute Gasteiger partial charge is 0.348 e. The molecule has 1 saturated heterocycles. The van der Waals surface area contributed by atoms with E-state index in [0.717, 1.165) is 12.1 Å². The summed E-state index contributed by atoms with van der Waals surface area (Å²) >= 11 is 1.18. The average molecular weight is 484 g/mol. The number of thiophene rings is 1. The van der Waals surface area contributed by atoms with Gasteiger partial charge in [-0.15, -0.1) is 11.3 Å². The molecule has 33 heavy (non-hydrogen) atoms. The zero-order valence-electron chi connectivity index (χ0n) is 18.7. The summed E-state index contributed by atoms with van der Waals surface area (Å²) in [5.41, 5.74) is 3.33. The monoisotopic (exact) mass is 483 g/mol. The second-order valence-electron chi connectivity index (χ2n) is 8.29. The lowest BCUT2D eigenvalue weighted by Gasteiger charge is -2.26. The maximum Gasteiger partial charge on any atom is 0.273 e. The number of rotatable bonds is 8. The smallest absolute Gasteiger partial charge is 0.273 e. The number of nitrogens with zero attached hydrogens (tertiary/aromatic N) is 2. The quantitative estimate of drug-likeness (QED) is 0.513. The number of nitrogens with one attached hydrogen (secondary N) is 1. The molecule has 0 spiro atoms. The van der Waals surface area contributed by atoms with Gasteiger partial charge >= 0.3 is 0 Å². The summed E-state index contributed by atoms with van der Waals surface area (Å²) < 4.78 is 26.8. The number of anilines is 1. The zero-order chi connectivity index (χ0) is 23.3. The average Bonchev–Trinajstić information content (AvgIpc) is 3.40. The van der Waals surface area contributed by atoms with Gasteiger partial charge in [0, 0.05) is 25.7 Å². The van der Waals surface area contributed by atoms with E-state index in [0.29, 0.717) is 17.8 Å². The Kier molecular flexibility index (Phi) is 7.47. The number of likely N-dealkylation sites (tertiary alicyclic amines) is 1. The van der Waals surface area contributed by atoms with Crippen LogP contribution in [0.2, 0.25) is 0 Å². The van der Waals surface area contributed by atoms with Crippen LogP contribution in [0.1, 0.15) is 40.7 Å². The predicted octanol–water partition coefficient (Wildman–Crippen LogP) is 4.49. The van der Waals surface area contributed by atoms with Gasteiger partial charge in [-0.2, -0.15) is 0 Å². The Morgan fingerprint density at radius 1 is 0.970 bits per heavy atom. The van der Waals surface area contributed by atoms with Crippen LogP contribution in [0.5, 0.6) is 0 Å². The van der Waals surface area contributed by atoms with Crippen LogP contribution in [0.4, 0.5) is 5.69 Å². The van der Waals surface area contributed by atoms with Crippen molar-refractivity contribution in [1.82, 2.24) is 10.2 Å². The number of benzene rings is 2. The molecule has 0 unspecified atom stereocenters. The maximum absolute atomic E-state index is 12.7. The minimum atomic E-state index is -3.59. The number of piperidine rings is 1. The van der Waals surface area contributed by atoms with E-state index in [-0.39, 0.29) is 10.1 Å². The molecule has 0 aliphatic carbocycles. The molecule has 1 fully saturated rings. The molecule has 174 valence electrons. The van der Waals surface area contributed by atoms with E-state index in [1.165, 1.54) is 60.6 Å². The molecule has 0 radical (unpaired) electrons. The number of carbonyl (C=O) groups excluding carboxylic acids is 1. The summed E-state index contributed by atoms with van der Waals surface area (Å²) in [4.78, 5) is 15.1. The Bertz CT molecular complexity index is 1150. The van der Waals surface area contributed by atoms with E-state index in [9.17, 15) is 13.2 Å². The van der Waals surface area contributed by atoms with Crippen molar-refractivity contribution in [3.63, 3.8) is 0 Å². The van der Waals surface area contributed by atoms with Gasteiger partial charge < -0.3 is 5.32 Å². The third-order valence-corrected chi connectivity index (χ3v) is 9.09. The van der Waals surface area contributed by atoms with Crippen LogP contribution in [-0.4, -0.2) is 39.4 Å². The van der Waals surface area contributed by atoms with Crippen molar-refractivity contribution in [2.75, 3.05) is 24.4 Å². The number of hydrogen-bond acceptors (Lipinski definition) is 5. The Labute approximate surface area is 199 Å². The molecule has 1 N–H and O–H groups in total. The molecule has 3 aromatic rings. The number of amides is 1. The van der Waals surface area contributed by atoms with Crippen LogP contribution >= 0.6 is 11.3 Å². The Morgan fingerprint density at radius 2 is 1.64 bits per heavy atom. The van der Waals surface area contributed by atoms with Crippen molar-refractivity contribution in [3.05, 3.63) is 82.7 Å². The molecule has 0 atom stereocenters. The minimum Gasteiger partial charge on any atom is -0.348 e. The summed E-state index contributed by atoms with van der Waals surface area (Å²) in [6, 6.07) is 18.3. The van der Waals surface area contributed by atoms with E-state index >= 15 is 0 Å². The van der Waals surface area contributed by atoms with Gasteiger partial charge in [-0.25, -0.2) is 8.42 Å². The van der Waals surface area contributed by atoms with E-state index in [4.69, 9.17) is 0 Å². The van der Waals surface area contributed by atoms with E-state index < -0.39 is 10.0 Å². The highest BCUT2D eigenvalue weighted by Crippen LogP contribution is 2.25. The van der Waals surface area contributed by atoms with Crippen molar-refractivity contribution >= 4 is 33.0 Å². The van der Waals surface area contributed by atoms with Crippen molar-refractivity contribution in [3.8, 4) is 0 Å². The fourth-order valence-electron chi connectivity index (χ4n) is 3.93. The molecule has 0 saturated carbocycles. The number of carbonyl (C=O) groups is 1. The topological polar surface area (TPSA) is 69.7 Å². The molecule has 0 bridgehead atoms. The molecule has 2 aromatic carbocycles. The lowest BCUT2D eigenvalue weighted by Crippen LogP contribution is -2.29. The first-order valence-electron chi connectivity index (χ1n) is 11.1. The highest BCUT2D eigenvalue weighted by molar-refractivity contribution is 7.94. The second-order valence-corrected chi connectivity index (χ2v) is 11.4. The fourth-order valence-corrected chi connectivity index (χ4v) is 6.29. The van der Waals surface area contributed by atoms with Gasteiger partial charge in [-0.05, 0) is 72.8 Å². The summed E-state index contributed by atoms with van der Waals surface area (Å²) in [6.45, 7) is 3.77. The van der Waals surface area contributed by atoms with E-state index in [2.05, 4.69) is 34.5 Å². The molecule has 1 aliphatic heterocycles. The van der Waals surface area contributed by atoms with Gasteiger partial charge in [0.2, 0.25) is 0 Å². The summed E-state index contributed by atoms with van der Waals surface area (Å²) in [6.07, 6.45) is 3.90. The van der Waals surface area contributed by atoms with Crippen molar-refractivity contribution in [2.45, 2.75) is 36.6 Å². The molecule has 6 nitrogen and oxygen atoms in total. The van der Waals surface area contributed by atoms with Crippen LogP contribution in [-0.2, 0) is 23.1 Å². The first kappa shape index (κ1) is 23.5. The highest BCUT2D eigenvalue weighted by Gasteiger charge is 2.22. The van der Waals surface area contributed by atoms with Crippen LogP contribution in [0.3, 0.4) is 0 Å². The summed E-state index contributed by atoms with van der Waals surface area (Å²) in [5.74, 6) is -0.192. The van der Waals surface area contributed by atoms with Crippen molar-refractivity contribution in [2.24, 2.45) is 0 Å². The first-order chi connectivity index (χ1) is 15.9. The third kappa shape index (κ3) is 5.82. The predicted molar refractivity (Wildman–Crippen MR) is 133 cm³/mol. The normalized spacial score (nSPS) is 14.7. The standard InChI is InChI=1S/C25H29N3O3S2/c1-27(33(30,31)24-6-5-17-32-24)23-13-11-22(12-14-23)25(29)26-18-20-7-9-21(10-8-20)19-28-15-3-2-4-16-28/h5-14,17H,2-4,15-16,18-19H2,1H3,(H,26,29). The van der Waals surface area contributed by atoms with Gasteiger partial charge in [0.1, 0.15) is 4.21 Å². The fraction of sp³-hybridized carbons (Fsp3) is 0.320.